The lowest BCUT2D eigenvalue weighted by molar-refractivity contribution is 0.172. The summed E-state index contributed by atoms with van der Waals surface area (Å²) < 4.78 is 0. The van der Waals surface area contributed by atoms with Crippen molar-refractivity contribution in [3.63, 3.8) is 0 Å². The molecule has 0 radical (unpaired) electrons. The van der Waals surface area contributed by atoms with Gasteiger partial charge >= 0.3 is 0 Å². The molecule has 4 aliphatic rings. The Morgan fingerprint density at radius 2 is 0.870 bits per heavy atom. The Balaban J connectivity index is 1.05. The van der Waals surface area contributed by atoms with Crippen LogP contribution in [0.15, 0.2) is 206 Å². The minimum Gasteiger partial charge on any atom is -0.365 e. The van der Waals surface area contributed by atoms with E-state index >= 15 is 0 Å². The molecule has 1 aliphatic carbocycles. The Morgan fingerprint density at radius 1 is 0.403 bits per heavy atom. The highest BCUT2D eigenvalue weighted by Gasteiger charge is 2.45. The normalized spacial score (nSPS) is 18.6. The number of hydrogen-bond donors (Lipinski definition) is 0. The van der Waals surface area contributed by atoms with Crippen LogP contribution in [0.4, 0.5) is 39.8 Å². The molecule has 0 N–H and O–H groups in total. The van der Waals surface area contributed by atoms with E-state index in [0.29, 0.717) is 12.1 Å². The smallest absolute Gasteiger partial charge is 0.252 e. The van der Waals surface area contributed by atoms with Crippen LogP contribution in [-0.2, 0) is 10.8 Å². The molecule has 0 spiro atoms. The Bertz CT molecular complexity index is 3610. The first-order valence-corrected chi connectivity index (χ1v) is 28.6. The van der Waals surface area contributed by atoms with Gasteiger partial charge in [0.25, 0.3) is 6.71 Å². The van der Waals surface area contributed by atoms with Crippen LogP contribution in [0.2, 0.25) is 0 Å². The van der Waals surface area contributed by atoms with E-state index in [-0.39, 0.29) is 17.5 Å². The average Bonchev–Trinajstić information content (AvgIpc) is 3.60. The Morgan fingerprint density at radius 3 is 1.40 bits per heavy atom. The lowest BCUT2D eigenvalue weighted by Crippen LogP contribution is -2.61. The summed E-state index contributed by atoms with van der Waals surface area (Å²) in [4.78, 5) is 8.09. The molecule has 1 saturated heterocycles. The minimum atomic E-state index is -0.0308. The third kappa shape index (κ3) is 8.88. The maximum absolute atomic E-state index is 2.88. The molecule has 77 heavy (non-hydrogen) atoms. The molecule has 2 bridgehead atoms. The lowest BCUT2D eigenvalue weighted by atomic mass is 9.33. The summed E-state index contributed by atoms with van der Waals surface area (Å²) in [5.74, 6) is 1.57. The van der Waals surface area contributed by atoms with Crippen molar-refractivity contribution in [3.05, 3.63) is 217 Å². The largest absolute Gasteiger partial charge is 0.365 e. The minimum absolute atomic E-state index is 0.0308. The topological polar surface area (TPSA) is 9.72 Å². The first kappa shape index (κ1) is 49.0. The van der Waals surface area contributed by atoms with Crippen molar-refractivity contribution in [2.45, 2.75) is 110 Å². The van der Waals surface area contributed by atoms with E-state index in [1.54, 1.807) is 0 Å². The van der Waals surface area contributed by atoms with Crippen molar-refractivity contribution in [1.29, 1.82) is 0 Å². The molecule has 3 heterocycles. The lowest BCUT2D eigenvalue weighted by Gasteiger charge is -2.51. The summed E-state index contributed by atoms with van der Waals surface area (Å²) >= 11 is 0. The van der Waals surface area contributed by atoms with Crippen LogP contribution in [0, 0.1) is 11.8 Å². The van der Waals surface area contributed by atoms with E-state index in [4.69, 9.17) is 0 Å². The Kier molecular flexibility index (Phi) is 12.2. The summed E-state index contributed by atoms with van der Waals surface area (Å²) in [7, 11) is 0. The second-order valence-electron chi connectivity index (χ2n) is 25.1. The van der Waals surface area contributed by atoms with Crippen LogP contribution in [0.25, 0.3) is 44.5 Å². The van der Waals surface area contributed by atoms with Crippen LogP contribution in [0.1, 0.15) is 98.6 Å². The molecule has 13 rings (SSSR count). The fraction of sp³-hybridized carbons (Fsp3) is 0.260. The zero-order chi connectivity index (χ0) is 52.7. The van der Waals surface area contributed by atoms with Gasteiger partial charge in [-0.2, -0.15) is 0 Å². The third-order valence-electron chi connectivity index (χ3n) is 17.9. The number of anilines is 7. The molecule has 9 aromatic rings. The highest BCUT2D eigenvalue weighted by Crippen LogP contribution is 2.49. The van der Waals surface area contributed by atoms with Gasteiger partial charge in [-0.15, -0.1) is 0 Å². The molecular formula is C73H72BN3. The van der Waals surface area contributed by atoms with Gasteiger partial charge in [0, 0.05) is 51.9 Å². The fourth-order valence-corrected chi connectivity index (χ4v) is 13.9. The van der Waals surface area contributed by atoms with Crippen molar-refractivity contribution < 1.29 is 0 Å². The van der Waals surface area contributed by atoms with Crippen LogP contribution >= 0.6 is 0 Å². The molecule has 0 aromatic heterocycles. The predicted molar refractivity (Wildman–Crippen MR) is 331 cm³/mol. The van der Waals surface area contributed by atoms with Gasteiger partial charge < -0.3 is 14.7 Å². The first-order chi connectivity index (χ1) is 37.3. The summed E-state index contributed by atoms with van der Waals surface area (Å²) in [5.41, 5.74) is 25.2. The maximum Gasteiger partial charge on any atom is 0.252 e. The predicted octanol–water partition coefficient (Wildman–Crippen LogP) is 17.8. The van der Waals surface area contributed by atoms with Crippen molar-refractivity contribution in [1.82, 2.24) is 0 Å². The molecular weight excluding hydrogens is 930 g/mol. The second-order valence-corrected chi connectivity index (χ2v) is 25.1. The zero-order valence-corrected chi connectivity index (χ0v) is 46.4. The average molecular weight is 1000 g/mol. The monoisotopic (exact) mass is 1000 g/mol. The van der Waals surface area contributed by atoms with Crippen molar-refractivity contribution in [2.24, 2.45) is 11.8 Å². The SMILES string of the molecule is CCC1CC2CC(C)CC(C2)N1c1ccc2c(c1)N(c1ccc(-c3ccccc3)cc1)c1cc(-c3ccccc3)cc3c1B2c1cc(-c2ccc(C(C)(C)C)cc2)ccc1N3c1ccc(-c2ccc(C(C)(C)C)cc2)cc1. The van der Waals surface area contributed by atoms with Gasteiger partial charge in [-0.25, -0.2) is 0 Å². The van der Waals surface area contributed by atoms with Crippen molar-refractivity contribution in [3.8, 4) is 44.5 Å². The molecule has 0 amide bonds. The second kappa shape index (κ2) is 19.2. The molecule has 382 valence electrons. The number of hydrogen-bond acceptors (Lipinski definition) is 3. The molecule has 9 aromatic carbocycles. The standard InChI is InChI=1S/C73H72BN3/c1-9-60-42-49-40-48(2)41-64(43-49)75(60)63-37-38-65-68(47-63)77(62-35-24-53(25-36-62)50-16-12-10-13-17-50)70-46-57(51-18-14-11-15-19-51)45-69-71(70)74(65)66-44-56(55-22-31-59(32-23-55)73(6,7)8)28-39-67(66)76(69)61-33-26-54(27-34-61)52-20-29-58(30-21-52)72(3,4)5/h10-39,44-49,60,64H,9,40-43H2,1-8H3. The van der Waals surface area contributed by atoms with Crippen LogP contribution in [0.5, 0.6) is 0 Å². The summed E-state index contributed by atoms with van der Waals surface area (Å²) in [6, 6.07) is 80.1. The zero-order valence-electron chi connectivity index (χ0n) is 46.4. The van der Waals surface area contributed by atoms with Gasteiger partial charge in [0.2, 0.25) is 0 Å². The number of fused-ring (bicyclic) bond motifs is 6. The van der Waals surface area contributed by atoms with E-state index < -0.39 is 0 Å². The molecule has 1 saturated carbocycles. The summed E-state index contributed by atoms with van der Waals surface area (Å²) in [6.07, 6.45) is 6.37. The highest BCUT2D eigenvalue weighted by molar-refractivity contribution is 7.00. The number of benzene rings is 9. The highest BCUT2D eigenvalue weighted by atomic mass is 15.2. The first-order valence-electron chi connectivity index (χ1n) is 28.6. The van der Waals surface area contributed by atoms with Gasteiger partial charge in [-0.3, -0.25) is 0 Å². The van der Waals surface area contributed by atoms with Gasteiger partial charge in [-0.05, 0) is 181 Å². The number of piperidine rings is 1. The number of rotatable bonds is 8. The molecule has 4 atom stereocenters. The summed E-state index contributed by atoms with van der Waals surface area (Å²) in [6.45, 7) is 18.6. The van der Waals surface area contributed by atoms with E-state index in [1.165, 1.54) is 126 Å². The number of nitrogens with zero attached hydrogens (tertiary/aromatic N) is 3. The van der Waals surface area contributed by atoms with E-state index in [0.717, 1.165) is 29.6 Å². The van der Waals surface area contributed by atoms with E-state index in [9.17, 15) is 0 Å². The van der Waals surface area contributed by atoms with Crippen molar-refractivity contribution in [2.75, 3.05) is 14.7 Å². The van der Waals surface area contributed by atoms with Crippen LogP contribution in [0.3, 0.4) is 0 Å². The quantitative estimate of drug-likeness (QED) is 0.140. The van der Waals surface area contributed by atoms with Gasteiger partial charge in [0.15, 0.2) is 0 Å². The summed E-state index contributed by atoms with van der Waals surface area (Å²) in [5, 5.41) is 0. The van der Waals surface area contributed by atoms with Crippen molar-refractivity contribution >= 4 is 62.9 Å². The molecule has 3 nitrogen and oxygen atoms in total. The Hall–Kier alpha value is -7.56. The molecule has 4 heteroatoms. The third-order valence-corrected chi connectivity index (χ3v) is 17.9. The molecule has 4 unspecified atom stereocenters. The Labute approximate surface area is 459 Å². The molecule has 2 fully saturated rings. The van der Waals surface area contributed by atoms with Gasteiger partial charge in [-0.1, -0.05) is 207 Å². The van der Waals surface area contributed by atoms with E-state index in [2.05, 4.69) is 276 Å². The van der Waals surface area contributed by atoms with E-state index in [1.807, 2.05) is 0 Å². The van der Waals surface area contributed by atoms with Gasteiger partial charge in [0.05, 0.1) is 0 Å². The van der Waals surface area contributed by atoms with Gasteiger partial charge in [0.1, 0.15) is 0 Å². The molecule has 3 aliphatic heterocycles. The maximum atomic E-state index is 2.88. The van der Waals surface area contributed by atoms with Crippen LogP contribution in [-0.4, -0.2) is 18.8 Å². The fourth-order valence-electron chi connectivity index (χ4n) is 13.9. The van der Waals surface area contributed by atoms with Crippen LogP contribution < -0.4 is 31.1 Å².